The molecule has 19 heavy (non-hydrogen) atoms. The lowest BCUT2D eigenvalue weighted by Gasteiger charge is -2.43. The molecule has 1 saturated heterocycles. The third-order valence-electron chi connectivity index (χ3n) is 3.86. The van der Waals surface area contributed by atoms with Crippen molar-refractivity contribution in [2.75, 3.05) is 44.2 Å². The van der Waals surface area contributed by atoms with E-state index in [1.165, 1.54) is 24.5 Å². The Kier molecular flexibility index (Phi) is 6.96. The van der Waals surface area contributed by atoms with Gasteiger partial charge >= 0.3 is 0 Å². The average Bonchev–Trinajstić information content (AvgIpc) is 2.43. The molecule has 1 aliphatic rings. The van der Waals surface area contributed by atoms with Crippen LogP contribution in [0.2, 0.25) is 0 Å². The molecule has 0 aliphatic carbocycles. The summed E-state index contributed by atoms with van der Waals surface area (Å²) in [5.74, 6) is 2.76. The van der Waals surface area contributed by atoms with Crippen LogP contribution in [0, 0.1) is 0 Å². The highest BCUT2D eigenvalue weighted by Crippen LogP contribution is 2.17. The molecule has 0 aromatic heterocycles. The van der Waals surface area contributed by atoms with Crippen LogP contribution in [0.25, 0.3) is 0 Å². The number of nitrogens with zero attached hydrogens (tertiary/aromatic N) is 3. The van der Waals surface area contributed by atoms with E-state index in [0.717, 1.165) is 26.2 Å². The number of piperazine rings is 1. The Morgan fingerprint density at radius 2 is 1.95 bits per heavy atom. The third-order valence-corrected chi connectivity index (χ3v) is 4.85. The van der Waals surface area contributed by atoms with Crippen LogP contribution in [0.5, 0.6) is 0 Å². The van der Waals surface area contributed by atoms with E-state index in [4.69, 9.17) is 10.9 Å². The van der Waals surface area contributed by atoms with Gasteiger partial charge < -0.3 is 15.8 Å². The van der Waals surface area contributed by atoms with Crippen molar-refractivity contribution in [1.82, 2.24) is 9.80 Å². The van der Waals surface area contributed by atoms with Gasteiger partial charge in [0.1, 0.15) is 0 Å². The highest BCUT2D eigenvalue weighted by Gasteiger charge is 2.33. The molecule has 0 aromatic rings. The number of amidine groups is 1. The fourth-order valence-electron chi connectivity index (χ4n) is 2.35. The van der Waals surface area contributed by atoms with Gasteiger partial charge in [0.2, 0.25) is 0 Å². The van der Waals surface area contributed by atoms with Crippen LogP contribution >= 0.6 is 11.8 Å². The van der Waals surface area contributed by atoms with Crippen molar-refractivity contribution >= 4 is 17.6 Å². The number of hydrogen-bond donors (Lipinski definition) is 2. The average molecular weight is 288 g/mol. The van der Waals surface area contributed by atoms with E-state index >= 15 is 0 Å². The zero-order valence-corrected chi connectivity index (χ0v) is 13.2. The zero-order valence-electron chi connectivity index (χ0n) is 12.4. The van der Waals surface area contributed by atoms with Crippen molar-refractivity contribution in [2.45, 2.75) is 32.7 Å². The summed E-state index contributed by atoms with van der Waals surface area (Å²) in [7, 11) is 0. The summed E-state index contributed by atoms with van der Waals surface area (Å²) >= 11 is 2.01. The largest absolute Gasteiger partial charge is 0.409 e. The summed E-state index contributed by atoms with van der Waals surface area (Å²) in [6.45, 7) is 11.5. The second-order valence-electron chi connectivity index (χ2n) is 5.42. The van der Waals surface area contributed by atoms with E-state index in [1.54, 1.807) is 0 Å². The van der Waals surface area contributed by atoms with E-state index in [2.05, 4.69) is 21.9 Å². The van der Waals surface area contributed by atoms with E-state index in [0.29, 0.717) is 5.84 Å². The van der Waals surface area contributed by atoms with Crippen molar-refractivity contribution in [3.8, 4) is 0 Å². The Morgan fingerprint density at radius 3 is 2.47 bits per heavy atom. The molecule has 1 rings (SSSR count). The van der Waals surface area contributed by atoms with E-state index in [-0.39, 0.29) is 5.54 Å². The van der Waals surface area contributed by atoms with Gasteiger partial charge in [-0.1, -0.05) is 12.1 Å². The minimum absolute atomic E-state index is 0.292. The molecular weight excluding hydrogens is 260 g/mol. The Hall–Kier alpha value is -0.460. The van der Waals surface area contributed by atoms with Gasteiger partial charge in [-0.3, -0.25) is 4.90 Å². The van der Waals surface area contributed by atoms with Crippen molar-refractivity contribution < 1.29 is 5.21 Å². The first kappa shape index (κ1) is 16.6. The van der Waals surface area contributed by atoms with Crippen LogP contribution in [-0.4, -0.2) is 70.6 Å². The molecule has 0 radical (unpaired) electrons. The molecule has 1 heterocycles. The maximum Gasteiger partial charge on any atom is 0.159 e. The van der Waals surface area contributed by atoms with Gasteiger partial charge in [0.05, 0.1) is 5.54 Å². The van der Waals surface area contributed by atoms with Gasteiger partial charge in [-0.25, -0.2) is 0 Å². The summed E-state index contributed by atoms with van der Waals surface area (Å²) in [6, 6.07) is 0. The quantitative estimate of drug-likeness (QED) is 0.243. The molecule has 0 amide bonds. The second-order valence-corrected chi connectivity index (χ2v) is 6.82. The van der Waals surface area contributed by atoms with Gasteiger partial charge in [-0.2, -0.15) is 11.8 Å². The van der Waals surface area contributed by atoms with Crippen LogP contribution < -0.4 is 5.73 Å². The van der Waals surface area contributed by atoms with Crippen molar-refractivity contribution in [2.24, 2.45) is 10.9 Å². The predicted molar refractivity (Wildman–Crippen MR) is 83.1 cm³/mol. The van der Waals surface area contributed by atoms with E-state index in [9.17, 15) is 0 Å². The predicted octanol–water partition coefficient (Wildman–Crippen LogP) is 1.27. The van der Waals surface area contributed by atoms with Crippen molar-refractivity contribution in [1.29, 1.82) is 0 Å². The van der Waals surface area contributed by atoms with E-state index in [1.807, 2.05) is 25.6 Å². The second kappa shape index (κ2) is 7.97. The molecule has 5 nitrogen and oxygen atoms in total. The molecule has 0 bridgehead atoms. The molecule has 112 valence electrons. The van der Waals surface area contributed by atoms with Gasteiger partial charge in [0.25, 0.3) is 0 Å². The molecule has 0 spiro atoms. The monoisotopic (exact) mass is 288 g/mol. The Labute approximate surface area is 121 Å². The van der Waals surface area contributed by atoms with E-state index < -0.39 is 0 Å². The van der Waals surface area contributed by atoms with Crippen LogP contribution in [0.15, 0.2) is 5.16 Å². The van der Waals surface area contributed by atoms with Gasteiger partial charge in [-0.15, -0.1) is 0 Å². The lowest BCUT2D eigenvalue weighted by Crippen LogP contribution is -2.59. The summed E-state index contributed by atoms with van der Waals surface area (Å²) < 4.78 is 0. The number of rotatable bonds is 7. The zero-order chi connectivity index (χ0) is 14.3. The fourth-order valence-corrected chi connectivity index (χ4v) is 2.97. The standard InChI is InChI=1S/C13H28N4OS/c1-4-19-11-5-6-16-7-9-17(10-8-16)13(2,3)12(14)15-18/h18H,4-11H2,1-3H3,(H2,14,15). The van der Waals surface area contributed by atoms with Gasteiger partial charge in [0, 0.05) is 26.2 Å². The lowest BCUT2D eigenvalue weighted by molar-refractivity contribution is 0.0834. The van der Waals surface area contributed by atoms with Crippen LogP contribution in [0.1, 0.15) is 27.2 Å². The molecule has 0 atom stereocenters. The van der Waals surface area contributed by atoms with Gasteiger partial charge in [0.15, 0.2) is 5.84 Å². The smallest absolute Gasteiger partial charge is 0.159 e. The molecule has 6 heteroatoms. The molecule has 0 saturated carbocycles. The number of hydrogen-bond acceptors (Lipinski definition) is 5. The Balaban J connectivity index is 2.32. The first-order valence-electron chi connectivity index (χ1n) is 7.05. The van der Waals surface area contributed by atoms with Gasteiger partial charge in [-0.05, 0) is 38.3 Å². The highest BCUT2D eigenvalue weighted by atomic mass is 32.2. The van der Waals surface area contributed by atoms with Crippen LogP contribution in [0.4, 0.5) is 0 Å². The first-order chi connectivity index (χ1) is 9.02. The first-order valence-corrected chi connectivity index (χ1v) is 8.21. The van der Waals surface area contributed by atoms with Crippen LogP contribution in [0.3, 0.4) is 0 Å². The molecule has 0 aromatic carbocycles. The fraction of sp³-hybridized carbons (Fsp3) is 0.923. The van der Waals surface area contributed by atoms with Crippen molar-refractivity contribution in [3.05, 3.63) is 0 Å². The maximum absolute atomic E-state index is 8.84. The minimum Gasteiger partial charge on any atom is -0.409 e. The topological polar surface area (TPSA) is 65.1 Å². The summed E-state index contributed by atoms with van der Waals surface area (Å²) in [4.78, 5) is 4.80. The molecule has 0 unspecified atom stereocenters. The Bertz CT molecular complexity index is 288. The van der Waals surface area contributed by atoms with Crippen molar-refractivity contribution in [3.63, 3.8) is 0 Å². The number of nitrogens with two attached hydrogens (primary N) is 1. The third kappa shape index (κ3) is 4.85. The lowest BCUT2D eigenvalue weighted by atomic mass is 10.0. The normalized spacial score (nSPS) is 19.8. The van der Waals surface area contributed by atoms with Crippen LogP contribution in [-0.2, 0) is 0 Å². The summed E-state index contributed by atoms with van der Waals surface area (Å²) in [6.07, 6.45) is 1.27. The minimum atomic E-state index is -0.362. The number of oxime groups is 1. The molecular formula is C13H28N4OS. The highest BCUT2D eigenvalue weighted by molar-refractivity contribution is 7.99. The Morgan fingerprint density at radius 1 is 1.32 bits per heavy atom. The summed E-state index contributed by atoms with van der Waals surface area (Å²) in [5, 5.41) is 12.0. The molecule has 1 fully saturated rings. The summed E-state index contributed by atoms with van der Waals surface area (Å²) in [5.41, 5.74) is 5.41. The number of thioether (sulfide) groups is 1. The SMILES string of the molecule is CCSCCCN1CCN(C(C)(C)C(N)=NO)CC1. The molecule has 1 aliphatic heterocycles. The maximum atomic E-state index is 8.84. The molecule has 3 N–H and O–H groups in total.